The normalized spacial score (nSPS) is 11.0. The molecule has 0 unspecified atom stereocenters. The lowest BCUT2D eigenvalue weighted by Crippen LogP contribution is -1.89. The number of hydrogen-bond acceptors (Lipinski definition) is 6. The van der Waals surface area contributed by atoms with Crippen LogP contribution < -0.4 is 5.73 Å². The Kier molecular flexibility index (Phi) is 3.61. The number of rotatable bonds is 2. The molecule has 5 nitrogen and oxygen atoms in total. The van der Waals surface area contributed by atoms with Crippen molar-refractivity contribution in [3.8, 4) is 23.0 Å². The van der Waals surface area contributed by atoms with Crippen LogP contribution in [0.4, 0.5) is 5.00 Å². The van der Waals surface area contributed by atoms with Gasteiger partial charge in [0.05, 0.1) is 20.6 Å². The fraction of sp³-hybridized carbons (Fsp3) is 0.154. The molecule has 3 aromatic heterocycles. The van der Waals surface area contributed by atoms with Gasteiger partial charge in [-0.15, -0.1) is 11.3 Å². The van der Waals surface area contributed by atoms with E-state index in [2.05, 4.69) is 15.1 Å². The molecule has 0 aliphatic rings. The van der Waals surface area contributed by atoms with Crippen LogP contribution in [0.15, 0.2) is 16.8 Å². The molecule has 3 rings (SSSR count). The molecular weight excluding hydrogens is 331 g/mol. The van der Waals surface area contributed by atoms with Crippen LogP contribution >= 0.6 is 34.5 Å². The van der Waals surface area contributed by atoms with E-state index in [-0.39, 0.29) is 0 Å². The first-order valence-electron chi connectivity index (χ1n) is 5.98. The average molecular weight is 341 g/mol. The summed E-state index contributed by atoms with van der Waals surface area (Å²) in [5.74, 6) is 0.659. The van der Waals surface area contributed by atoms with Crippen molar-refractivity contribution in [3.05, 3.63) is 32.7 Å². The highest BCUT2D eigenvalue weighted by molar-refractivity contribution is 7.16. The van der Waals surface area contributed by atoms with Gasteiger partial charge in [0, 0.05) is 11.1 Å². The standard InChI is InChI=1S/C13H10Cl2N4OS/c1-5-6(2)21-11(16)9(5)13-18-12(19-20-13)10-8(15)3-7(14)4-17-10/h3-4H,16H2,1-2H3. The Bertz CT molecular complexity index is 828. The molecule has 3 aromatic rings. The fourth-order valence-corrected chi connectivity index (χ4v) is 3.31. The van der Waals surface area contributed by atoms with Gasteiger partial charge in [-0.1, -0.05) is 28.4 Å². The first-order valence-corrected chi connectivity index (χ1v) is 7.55. The molecule has 0 aromatic carbocycles. The first-order chi connectivity index (χ1) is 9.97. The number of hydrogen-bond donors (Lipinski definition) is 1. The number of halogens is 2. The monoisotopic (exact) mass is 340 g/mol. The number of aryl methyl sites for hydroxylation is 1. The van der Waals surface area contributed by atoms with Crippen molar-refractivity contribution in [3.63, 3.8) is 0 Å². The summed E-state index contributed by atoms with van der Waals surface area (Å²) in [4.78, 5) is 9.58. The number of aromatic nitrogens is 3. The molecule has 0 aliphatic heterocycles. The van der Waals surface area contributed by atoms with E-state index in [9.17, 15) is 0 Å². The zero-order valence-corrected chi connectivity index (χ0v) is 13.5. The summed E-state index contributed by atoms with van der Waals surface area (Å²) in [7, 11) is 0. The van der Waals surface area contributed by atoms with Gasteiger partial charge < -0.3 is 10.3 Å². The molecule has 0 aliphatic carbocycles. The van der Waals surface area contributed by atoms with Crippen molar-refractivity contribution in [1.82, 2.24) is 15.1 Å². The molecule has 0 bridgehead atoms. The summed E-state index contributed by atoms with van der Waals surface area (Å²) >= 11 is 13.4. The predicted octanol–water partition coefficient (Wildman–Crippen LogP) is 4.37. The second-order valence-electron chi connectivity index (χ2n) is 4.43. The minimum absolute atomic E-state index is 0.300. The van der Waals surface area contributed by atoms with Crippen LogP contribution in [0, 0.1) is 13.8 Å². The summed E-state index contributed by atoms with van der Waals surface area (Å²) in [5, 5.41) is 5.37. The molecular formula is C13H10Cl2N4OS. The largest absolute Gasteiger partial charge is 0.390 e. The second-order valence-corrected chi connectivity index (χ2v) is 6.53. The van der Waals surface area contributed by atoms with Gasteiger partial charge in [-0.3, -0.25) is 0 Å². The fourth-order valence-electron chi connectivity index (χ4n) is 1.92. The minimum atomic E-state index is 0.300. The highest BCUT2D eigenvalue weighted by Crippen LogP contribution is 2.38. The first kappa shape index (κ1) is 14.3. The molecule has 0 radical (unpaired) electrons. The third kappa shape index (κ3) is 2.50. The lowest BCUT2D eigenvalue weighted by molar-refractivity contribution is 0.432. The maximum Gasteiger partial charge on any atom is 0.261 e. The summed E-state index contributed by atoms with van der Waals surface area (Å²) in [6.07, 6.45) is 1.48. The maximum atomic E-state index is 6.09. The van der Waals surface area contributed by atoms with E-state index in [0.29, 0.717) is 32.5 Å². The van der Waals surface area contributed by atoms with Gasteiger partial charge >= 0.3 is 0 Å². The summed E-state index contributed by atoms with van der Waals surface area (Å²) < 4.78 is 5.30. The second kappa shape index (κ2) is 5.29. The van der Waals surface area contributed by atoms with Gasteiger partial charge in [0.1, 0.15) is 5.69 Å². The smallest absolute Gasteiger partial charge is 0.261 e. The molecule has 0 amide bonds. The Morgan fingerprint density at radius 3 is 2.67 bits per heavy atom. The summed E-state index contributed by atoms with van der Waals surface area (Å²) in [6.45, 7) is 3.96. The van der Waals surface area contributed by atoms with Crippen molar-refractivity contribution in [1.29, 1.82) is 0 Å². The SMILES string of the molecule is Cc1sc(N)c(-c2nc(-c3ncc(Cl)cc3Cl)no2)c1C. The van der Waals surface area contributed by atoms with Crippen LogP contribution in [0.1, 0.15) is 10.4 Å². The lowest BCUT2D eigenvalue weighted by atomic mass is 10.1. The van der Waals surface area contributed by atoms with E-state index < -0.39 is 0 Å². The van der Waals surface area contributed by atoms with Crippen LogP contribution in [0.2, 0.25) is 10.0 Å². The van der Waals surface area contributed by atoms with Crippen molar-refractivity contribution >= 4 is 39.5 Å². The Morgan fingerprint density at radius 1 is 1.29 bits per heavy atom. The molecule has 108 valence electrons. The topological polar surface area (TPSA) is 77.8 Å². The van der Waals surface area contributed by atoms with E-state index in [1.54, 1.807) is 6.07 Å². The van der Waals surface area contributed by atoms with E-state index in [1.165, 1.54) is 17.5 Å². The molecule has 0 saturated heterocycles. The number of anilines is 1. The third-order valence-corrected chi connectivity index (χ3v) is 4.60. The van der Waals surface area contributed by atoms with E-state index in [1.807, 2.05) is 13.8 Å². The molecule has 0 fully saturated rings. The number of thiophene rings is 1. The van der Waals surface area contributed by atoms with E-state index in [4.69, 9.17) is 33.5 Å². The number of pyridine rings is 1. The van der Waals surface area contributed by atoms with Crippen LogP contribution in [-0.4, -0.2) is 15.1 Å². The molecule has 21 heavy (non-hydrogen) atoms. The van der Waals surface area contributed by atoms with Gasteiger partial charge in [0.15, 0.2) is 0 Å². The Hall–Kier alpha value is -1.63. The van der Waals surface area contributed by atoms with Crippen molar-refractivity contribution in [2.45, 2.75) is 13.8 Å². The van der Waals surface area contributed by atoms with Crippen LogP contribution in [0.3, 0.4) is 0 Å². The van der Waals surface area contributed by atoms with Crippen LogP contribution in [0.5, 0.6) is 0 Å². The Morgan fingerprint density at radius 2 is 2.05 bits per heavy atom. The van der Waals surface area contributed by atoms with Crippen molar-refractivity contribution in [2.24, 2.45) is 0 Å². The molecule has 0 spiro atoms. The van der Waals surface area contributed by atoms with Gasteiger partial charge in [0.2, 0.25) is 5.82 Å². The Balaban J connectivity index is 2.08. The van der Waals surface area contributed by atoms with Crippen LogP contribution in [0.25, 0.3) is 23.0 Å². The van der Waals surface area contributed by atoms with E-state index in [0.717, 1.165) is 16.0 Å². The molecule has 3 heterocycles. The number of nitrogens with two attached hydrogens (primary N) is 1. The van der Waals surface area contributed by atoms with Gasteiger partial charge in [-0.25, -0.2) is 4.98 Å². The molecule has 0 saturated carbocycles. The highest BCUT2D eigenvalue weighted by atomic mass is 35.5. The summed E-state index contributed by atoms with van der Waals surface area (Å²) in [6, 6.07) is 1.58. The van der Waals surface area contributed by atoms with Gasteiger partial charge in [-0.05, 0) is 25.5 Å². The van der Waals surface area contributed by atoms with E-state index >= 15 is 0 Å². The predicted molar refractivity (Wildman–Crippen MR) is 84.7 cm³/mol. The van der Waals surface area contributed by atoms with Crippen molar-refractivity contribution in [2.75, 3.05) is 5.73 Å². The molecule has 2 N–H and O–H groups in total. The van der Waals surface area contributed by atoms with Gasteiger partial charge in [-0.2, -0.15) is 4.98 Å². The lowest BCUT2D eigenvalue weighted by Gasteiger charge is -1.97. The zero-order chi connectivity index (χ0) is 15.1. The highest BCUT2D eigenvalue weighted by Gasteiger charge is 2.20. The average Bonchev–Trinajstić information content (AvgIpc) is 2.96. The maximum absolute atomic E-state index is 6.09. The molecule has 0 atom stereocenters. The third-order valence-electron chi connectivity index (χ3n) is 3.07. The minimum Gasteiger partial charge on any atom is -0.390 e. The van der Waals surface area contributed by atoms with Gasteiger partial charge in [0.25, 0.3) is 5.89 Å². The van der Waals surface area contributed by atoms with Crippen molar-refractivity contribution < 1.29 is 4.52 Å². The van der Waals surface area contributed by atoms with Crippen LogP contribution in [-0.2, 0) is 0 Å². The summed E-state index contributed by atoms with van der Waals surface area (Å²) in [5.41, 5.74) is 8.22. The Labute approximate surface area is 134 Å². The quantitative estimate of drug-likeness (QED) is 0.749. The number of nitrogen functional groups attached to an aromatic ring is 1. The molecule has 8 heteroatoms. The number of nitrogens with zero attached hydrogens (tertiary/aromatic N) is 3. The zero-order valence-electron chi connectivity index (χ0n) is 11.1.